The lowest BCUT2D eigenvalue weighted by Crippen LogP contribution is -2.48. The summed E-state index contributed by atoms with van der Waals surface area (Å²) in [5.41, 5.74) is 1.04. The van der Waals surface area contributed by atoms with Gasteiger partial charge >= 0.3 is 5.97 Å². The number of aromatic nitrogens is 2. The van der Waals surface area contributed by atoms with E-state index in [2.05, 4.69) is 16.9 Å². The number of rotatable bonds is 4. The van der Waals surface area contributed by atoms with E-state index < -0.39 is 5.97 Å². The molecule has 0 aromatic carbocycles. The predicted octanol–water partition coefficient (Wildman–Crippen LogP) is 1.12. The Morgan fingerprint density at radius 1 is 1.63 bits per heavy atom. The Kier molecular flexibility index (Phi) is 4.21. The van der Waals surface area contributed by atoms with Crippen LogP contribution < -0.4 is 0 Å². The molecule has 106 valence electrons. The summed E-state index contributed by atoms with van der Waals surface area (Å²) < 4.78 is 7.31. The second-order valence-electron chi connectivity index (χ2n) is 5.07. The quantitative estimate of drug-likeness (QED) is 0.885. The van der Waals surface area contributed by atoms with Crippen LogP contribution in [0.3, 0.4) is 0 Å². The Balaban J connectivity index is 2.19. The summed E-state index contributed by atoms with van der Waals surface area (Å²) in [4.78, 5) is 13.5. The molecule has 2 rings (SSSR count). The maximum Gasteiger partial charge on any atom is 0.339 e. The Morgan fingerprint density at radius 2 is 2.37 bits per heavy atom. The number of carbonyl (C=O) groups is 1. The van der Waals surface area contributed by atoms with Crippen LogP contribution in [0.4, 0.5) is 0 Å². The Hall–Kier alpha value is -1.40. The van der Waals surface area contributed by atoms with Gasteiger partial charge in [-0.15, -0.1) is 0 Å². The molecule has 0 bridgehead atoms. The van der Waals surface area contributed by atoms with Gasteiger partial charge in [0.05, 0.1) is 24.6 Å². The lowest BCUT2D eigenvalue weighted by atomic mass is 10.1. The molecule has 0 radical (unpaired) electrons. The molecule has 2 unspecified atom stereocenters. The first-order valence-corrected chi connectivity index (χ1v) is 6.62. The molecule has 2 atom stereocenters. The standard InChI is InChI=1S/C13H21N3O3/c1-4-10-8-19-9(2)6-16(10)7-12-11(13(17)18)5-14-15(12)3/h5,9-10H,4,6-8H2,1-3H3,(H,17,18). The molecule has 1 aromatic heterocycles. The molecule has 6 heteroatoms. The van der Waals surface area contributed by atoms with Crippen LogP contribution in [-0.4, -0.2) is 51.1 Å². The third-order valence-corrected chi connectivity index (χ3v) is 3.70. The number of hydrogen-bond acceptors (Lipinski definition) is 4. The van der Waals surface area contributed by atoms with Gasteiger partial charge in [0.15, 0.2) is 0 Å². The van der Waals surface area contributed by atoms with Crippen LogP contribution in [0.1, 0.15) is 36.3 Å². The van der Waals surface area contributed by atoms with Crippen molar-refractivity contribution in [1.29, 1.82) is 0 Å². The van der Waals surface area contributed by atoms with Crippen molar-refractivity contribution < 1.29 is 14.6 Å². The fourth-order valence-corrected chi connectivity index (χ4v) is 2.50. The summed E-state index contributed by atoms with van der Waals surface area (Å²) in [5.74, 6) is -0.919. The highest BCUT2D eigenvalue weighted by molar-refractivity contribution is 5.88. The van der Waals surface area contributed by atoms with Gasteiger partial charge in [-0.25, -0.2) is 4.79 Å². The van der Waals surface area contributed by atoms with Crippen molar-refractivity contribution in [3.8, 4) is 0 Å². The highest BCUT2D eigenvalue weighted by Gasteiger charge is 2.27. The molecule has 0 amide bonds. The van der Waals surface area contributed by atoms with Gasteiger partial charge < -0.3 is 9.84 Å². The highest BCUT2D eigenvalue weighted by Crippen LogP contribution is 2.19. The number of aromatic carboxylic acids is 1. The maximum absolute atomic E-state index is 11.2. The lowest BCUT2D eigenvalue weighted by molar-refractivity contribution is -0.0599. The zero-order valence-corrected chi connectivity index (χ0v) is 11.7. The zero-order valence-electron chi connectivity index (χ0n) is 11.7. The fourth-order valence-electron chi connectivity index (χ4n) is 2.50. The Labute approximate surface area is 113 Å². The van der Waals surface area contributed by atoms with Gasteiger partial charge in [-0.3, -0.25) is 9.58 Å². The smallest absolute Gasteiger partial charge is 0.339 e. The third-order valence-electron chi connectivity index (χ3n) is 3.70. The molecule has 0 aliphatic carbocycles. The molecule has 19 heavy (non-hydrogen) atoms. The number of morpholine rings is 1. The van der Waals surface area contributed by atoms with Crippen LogP contribution in [0.2, 0.25) is 0 Å². The van der Waals surface area contributed by atoms with Gasteiger partial charge in [-0.2, -0.15) is 5.10 Å². The molecule has 2 heterocycles. The van der Waals surface area contributed by atoms with E-state index in [0.717, 1.165) is 18.7 Å². The van der Waals surface area contributed by atoms with Crippen LogP contribution >= 0.6 is 0 Å². The monoisotopic (exact) mass is 267 g/mol. The second-order valence-corrected chi connectivity index (χ2v) is 5.07. The van der Waals surface area contributed by atoms with Crippen molar-refractivity contribution in [2.24, 2.45) is 7.05 Å². The second kappa shape index (κ2) is 5.71. The minimum absolute atomic E-state index is 0.185. The van der Waals surface area contributed by atoms with E-state index in [0.29, 0.717) is 19.2 Å². The molecule has 1 aliphatic rings. The van der Waals surface area contributed by atoms with Crippen LogP contribution in [0.25, 0.3) is 0 Å². The number of hydrogen-bond donors (Lipinski definition) is 1. The summed E-state index contributed by atoms with van der Waals surface area (Å²) in [6.45, 7) is 6.30. The average molecular weight is 267 g/mol. The van der Waals surface area contributed by atoms with Crippen molar-refractivity contribution in [3.05, 3.63) is 17.5 Å². The van der Waals surface area contributed by atoms with Gasteiger partial charge in [0, 0.05) is 26.2 Å². The normalized spacial score (nSPS) is 24.6. The summed E-state index contributed by atoms with van der Waals surface area (Å²) in [6, 6.07) is 0.341. The zero-order chi connectivity index (χ0) is 14.0. The van der Waals surface area contributed by atoms with E-state index >= 15 is 0 Å². The van der Waals surface area contributed by atoms with Gasteiger partial charge in [0.2, 0.25) is 0 Å². The largest absolute Gasteiger partial charge is 0.478 e. The summed E-state index contributed by atoms with van der Waals surface area (Å²) in [6.07, 6.45) is 2.60. The van der Waals surface area contributed by atoms with Gasteiger partial charge in [0.25, 0.3) is 0 Å². The van der Waals surface area contributed by atoms with Gasteiger partial charge in [-0.1, -0.05) is 6.92 Å². The molecule has 1 aromatic rings. The van der Waals surface area contributed by atoms with Crippen LogP contribution in [0, 0.1) is 0 Å². The first-order chi connectivity index (χ1) is 9.02. The van der Waals surface area contributed by atoms with Crippen molar-refractivity contribution in [1.82, 2.24) is 14.7 Å². The van der Waals surface area contributed by atoms with Crippen molar-refractivity contribution in [2.45, 2.75) is 39.0 Å². The van der Waals surface area contributed by atoms with E-state index in [1.807, 2.05) is 6.92 Å². The molecule has 1 N–H and O–H groups in total. The van der Waals surface area contributed by atoms with E-state index in [1.54, 1.807) is 11.7 Å². The molecule has 0 saturated carbocycles. The minimum Gasteiger partial charge on any atom is -0.478 e. The molecule has 0 spiro atoms. The average Bonchev–Trinajstić information content (AvgIpc) is 2.72. The SMILES string of the molecule is CCC1COC(C)CN1Cc1c(C(=O)O)cnn1C. The number of nitrogens with zero attached hydrogens (tertiary/aromatic N) is 3. The van der Waals surface area contributed by atoms with Crippen molar-refractivity contribution in [2.75, 3.05) is 13.2 Å². The van der Waals surface area contributed by atoms with E-state index in [1.165, 1.54) is 6.20 Å². The fraction of sp³-hybridized carbons (Fsp3) is 0.692. The number of carboxylic acids is 1. The van der Waals surface area contributed by atoms with Crippen LogP contribution in [0.15, 0.2) is 6.20 Å². The molecule has 1 aliphatic heterocycles. The highest BCUT2D eigenvalue weighted by atomic mass is 16.5. The first kappa shape index (κ1) is 14.0. The third kappa shape index (κ3) is 2.96. The summed E-state index contributed by atoms with van der Waals surface area (Å²) in [5, 5.41) is 13.2. The van der Waals surface area contributed by atoms with E-state index in [9.17, 15) is 9.90 Å². The first-order valence-electron chi connectivity index (χ1n) is 6.62. The van der Waals surface area contributed by atoms with E-state index in [-0.39, 0.29) is 11.7 Å². The minimum atomic E-state index is -0.919. The Bertz CT molecular complexity index is 458. The van der Waals surface area contributed by atoms with Gasteiger partial charge in [0.1, 0.15) is 5.56 Å². The maximum atomic E-state index is 11.2. The molecule has 6 nitrogen and oxygen atoms in total. The molecular weight excluding hydrogens is 246 g/mol. The molecular formula is C13H21N3O3. The topological polar surface area (TPSA) is 67.6 Å². The summed E-state index contributed by atoms with van der Waals surface area (Å²) >= 11 is 0. The van der Waals surface area contributed by atoms with Crippen LogP contribution in [-0.2, 0) is 18.3 Å². The molecule has 1 fully saturated rings. The molecule has 1 saturated heterocycles. The lowest BCUT2D eigenvalue weighted by Gasteiger charge is -2.38. The van der Waals surface area contributed by atoms with Crippen LogP contribution in [0.5, 0.6) is 0 Å². The predicted molar refractivity (Wildman–Crippen MR) is 70.1 cm³/mol. The van der Waals surface area contributed by atoms with Crippen molar-refractivity contribution >= 4 is 5.97 Å². The van der Waals surface area contributed by atoms with Crippen molar-refractivity contribution in [3.63, 3.8) is 0 Å². The number of carboxylic acid groups (broad SMARTS) is 1. The summed E-state index contributed by atoms with van der Waals surface area (Å²) in [7, 11) is 1.78. The Morgan fingerprint density at radius 3 is 3.00 bits per heavy atom. The number of aryl methyl sites for hydroxylation is 1. The van der Waals surface area contributed by atoms with Gasteiger partial charge in [-0.05, 0) is 13.3 Å². The number of ether oxygens (including phenoxy) is 1. The van der Waals surface area contributed by atoms with E-state index in [4.69, 9.17) is 4.74 Å².